The second-order valence-electron chi connectivity index (χ2n) is 6.43. The first-order valence-corrected chi connectivity index (χ1v) is 8.57. The van der Waals surface area contributed by atoms with E-state index in [4.69, 9.17) is 4.74 Å². The maximum atomic E-state index is 11.3. The summed E-state index contributed by atoms with van der Waals surface area (Å²) in [6.45, 7) is 0.615. The number of methoxy groups -OCH3 is 1. The first kappa shape index (κ1) is 18.6. The van der Waals surface area contributed by atoms with E-state index in [0.717, 1.165) is 17.0 Å². The van der Waals surface area contributed by atoms with Gasteiger partial charge in [0, 0.05) is 18.8 Å². The van der Waals surface area contributed by atoms with Gasteiger partial charge in [-0.3, -0.25) is 15.1 Å². The highest BCUT2D eigenvalue weighted by Crippen LogP contribution is 2.31. The molecule has 0 aliphatic heterocycles. The zero-order valence-electron chi connectivity index (χ0n) is 15.5. The van der Waals surface area contributed by atoms with Crippen LogP contribution in [-0.4, -0.2) is 42.6 Å². The van der Waals surface area contributed by atoms with Gasteiger partial charge in [-0.05, 0) is 50.0 Å². The van der Waals surface area contributed by atoms with E-state index in [-0.39, 0.29) is 16.7 Å². The number of hydrogen-bond acceptors (Lipinski definition) is 6. The van der Waals surface area contributed by atoms with Gasteiger partial charge in [0.1, 0.15) is 11.3 Å². The van der Waals surface area contributed by atoms with Gasteiger partial charge in [0.15, 0.2) is 0 Å². The number of ether oxygens (including phenoxy) is 1. The lowest BCUT2D eigenvalue weighted by Crippen LogP contribution is -2.27. The number of pyridine rings is 1. The van der Waals surface area contributed by atoms with Gasteiger partial charge in [-0.25, -0.2) is 0 Å². The maximum Gasteiger partial charge on any atom is 0.278 e. The van der Waals surface area contributed by atoms with Crippen LogP contribution in [0.3, 0.4) is 0 Å². The summed E-state index contributed by atoms with van der Waals surface area (Å²) in [6.07, 6.45) is 1.64. The van der Waals surface area contributed by atoms with Crippen molar-refractivity contribution in [1.82, 2.24) is 9.88 Å². The lowest BCUT2D eigenvalue weighted by Gasteiger charge is -2.26. The number of rotatable bonds is 7. The number of non-ortho nitro benzene ring substituents is 1. The van der Waals surface area contributed by atoms with Gasteiger partial charge in [-0.1, -0.05) is 12.1 Å². The highest BCUT2D eigenvalue weighted by atomic mass is 16.6. The van der Waals surface area contributed by atoms with Crippen molar-refractivity contribution in [3.05, 3.63) is 70.4 Å². The molecular weight excluding hydrogens is 344 g/mol. The average molecular weight is 366 g/mol. The van der Waals surface area contributed by atoms with Crippen molar-refractivity contribution in [2.45, 2.75) is 6.04 Å². The molecule has 3 rings (SSSR count). The lowest BCUT2D eigenvalue weighted by atomic mass is 10.0. The monoisotopic (exact) mass is 366 g/mol. The van der Waals surface area contributed by atoms with Crippen molar-refractivity contribution in [2.75, 3.05) is 33.1 Å². The largest absolute Gasteiger partial charge is 0.497 e. The third-order valence-corrected chi connectivity index (χ3v) is 4.53. The zero-order chi connectivity index (χ0) is 19.4. The molecule has 0 aliphatic rings. The fraction of sp³-hybridized carbons (Fsp3) is 0.250. The molecule has 27 heavy (non-hydrogen) atoms. The topological polar surface area (TPSA) is 80.5 Å². The van der Waals surface area contributed by atoms with Crippen LogP contribution >= 0.6 is 0 Å². The molecule has 0 fully saturated rings. The number of nitrogens with zero attached hydrogens (tertiary/aromatic N) is 3. The second kappa shape index (κ2) is 8.01. The molecule has 0 radical (unpaired) electrons. The van der Waals surface area contributed by atoms with Crippen LogP contribution in [0, 0.1) is 10.1 Å². The molecule has 0 amide bonds. The summed E-state index contributed by atoms with van der Waals surface area (Å²) in [4.78, 5) is 17.3. The molecule has 3 aromatic rings. The van der Waals surface area contributed by atoms with Gasteiger partial charge in [0.25, 0.3) is 5.69 Å². The van der Waals surface area contributed by atoms with Crippen LogP contribution in [0.25, 0.3) is 10.9 Å². The molecule has 0 aliphatic carbocycles. The van der Waals surface area contributed by atoms with E-state index < -0.39 is 0 Å². The van der Waals surface area contributed by atoms with Gasteiger partial charge in [0.05, 0.1) is 29.1 Å². The van der Waals surface area contributed by atoms with Crippen molar-refractivity contribution < 1.29 is 9.66 Å². The Labute approximate surface area is 157 Å². The van der Waals surface area contributed by atoms with Crippen molar-refractivity contribution in [1.29, 1.82) is 0 Å². The van der Waals surface area contributed by atoms with Gasteiger partial charge < -0.3 is 15.0 Å². The Kier molecular flexibility index (Phi) is 5.52. The first-order chi connectivity index (χ1) is 13.0. The molecule has 0 spiro atoms. The molecule has 1 N–H and O–H groups in total. The summed E-state index contributed by atoms with van der Waals surface area (Å²) in [5.74, 6) is 0.807. The normalized spacial score (nSPS) is 12.1. The molecule has 2 aromatic carbocycles. The van der Waals surface area contributed by atoms with E-state index in [2.05, 4.69) is 21.3 Å². The summed E-state index contributed by atoms with van der Waals surface area (Å²) < 4.78 is 5.33. The zero-order valence-corrected chi connectivity index (χ0v) is 15.5. The van der Waals surface area contributed by atoms with Gasteiger partial charge in [0.2, 0.25) is 0 Å². The summed E-state index contributed by atoms with van der Waals surface area (Å²) in [5, 5.41) is 15.2. The highest BCUT2D eigenvalue weighted by molar-refractivity contribution is 5.96. The predicted octanol–water partition coefficient (Wildman–Crippen LogP) is 3.87. The van der Waals surface area contributed by atoms with Crippen molar-refractivity contribution in [3.63, 3.8) is 0 Å². The van der Waals surface area contributed by atoms with Gasteiger partial charge in [-0.15, -0.1) is 0 Å². The number of hydrogen-bond donors (Lipinski definition) is 1. The van der Waals surface area contributed by atoms with Crippen LogP contribution < -0.4 is 10.1 Å². The third-order valence-electron chi connectivity index (χ3n) is 4.53. The van der Waals surface area contributed by atoms with E-state index in [9.17, 15) is 10.1 Å². The molecule has 7 nitrogen and oxygen atoms in total. The first-order valence-electron chi connectivity index (χ1n) is 8.57. The molecule has 1 atom stereocenters. The summed E-state index contributed by atoms with van der Waals surface area (Å²) in [5.41, 5.74) is 2.53. The van der Waals surface area contributed by atoms with Crippen LogP contribution in [-0.2, 0) is 0 Å². The summed E-state index contributed by atoms with van der Waals surface area (Å²) in [6, 6.07) is 14.7. The quantitative estimate of drug-likeness (QED) is 0.505. The van der Waals surface area contributed by atoms with E-state index in [1.54, 1.807) is 31.5 Å². The van der Waals surface area contributed by atoms with Crippen LogP contribution in [0.15, 0.2) is 54.7 Å². The average Bonchev–Trinajstić information content (AvgIpc) is 2.67. The summed E-state index contributed by atoms with van der Waals surface area (Å²) in [7, 11) is 5.67. The summed E-state index contributed by atoms with van der Waals surface area (Å²) >= 11 is 0. The van der Waals surface area contributed by atoms with Crippen molar-refractivity contribution in [3.8, 4) is 5.75 Å². The number of benzene rings is 2. The Morgan fingerprint density at radius 1 is 1.22 bits per heavy atom. The SMILES string of the molecule is COc1cccc([C@H](CNc2ccc([N+](=O)[O-])c3cccnc23)N(C)C)c1. The van der Waals surface area contributed by atoms with E-state index in [0.29, 0.717) is 17.4 Å². The number of nitro benzene ring substituents is 1. The number of nitrogens with one attached hydrogen (secondary N) is 1. The lowest BCUT2D eigenvalue weighted by molar-refractivity contribution is -0.383. The molecule has 1 aromatic heterocycles. The van der Waals surface area contributed by atoms with E-state index in [1.165, 1.54) is 6.07 Å². The van der Waals surface area contributed by atoms with Crippen LogP contribution in [0.4, 0.5) is 11.4 Å². The molecule has 0 saturated carbocycles. The Morgan fingerprint density at radius 3 is 2.74 bits per heavy atom. The number of anilines is 1. The molecule has 140 valence electrons. The molecular formula is C20H22N4O3. The molecule has 1 heterocycles. The highest BCUT2D eigenvalue weighted by Gasteiger charge is 2.18. The number of nitro groups is 1. The Balaban J connectivity index is 1.90. The van der Waals surface area contributed by atoms with Crippen LogP contribution in [0.1, 0.15) is 11.6 Å². The number of likely N-dealkylation sites (N-methyl/N-ethyl adjacent to an activating group) is 1. The second-order valence-corrected chi connectivity index (χ2v) is 6.43. The molecule has 0 saturated heterocycles. The van der Waals surface area contributed by atoms with Crippen LogP contribution in [0.5, 0.6) is 5.75 Å². The number of fused-ring (bicyclic) bond motifs is 1. The van der Waals surface area contributed by atoms with Crippen molar-refractivity contribution >= 4 is 22.3 Å². The minimum atomic E-state index is -0.382. The predicted molar refractivity (Wildman–Crippen MR) is 106 cm³/mol. The Bertz CT molecular complexity index is 959. The fourth-order valence-electron chi connectivity index (χ4n) is 3.11. The fourth-order valence-corrected chi connectivity index (χ4v) is 3.11. The van der Waals surface area contributed by atoms with E-state index in [1.807, 2.05) is 32.3 Å². The standard InChI is InChI=1S/C20H22N4O3/c1-23(2)19(14-6-4-7-15(12-14)27-3)13-22-17-9-10-18(24(25)26)16-8-5-11-21-20(16)17/h4-12,19,22H,13H2,1-3H3/t19-/m0/s1. The molecule has 7 heteroatoms. The maximum absolute atomic E-state index is 11.3. The third kappa shape index (κ3) is 3.98. The van der Waals surface area contributed by atoms with E-state index >= 15 is 0 Å². The Hall–Kier alpha value is -3.19. The van der Waals surface area contributed by atoms with Crippen LogP contribution in [0.2, 0.25) is 0 Å². The van der Waals surface area contributed by atoms with Crippen molar-refractivity contribution in [2.24, 2.45) is 0 Å². The Morgan fingerprint density at radius 2 is 2.04 bits per heavy atom. The van der Waals surface area contributed by atoms with Gasteiger partial charge in [-0.2, -0.15) is 0 Å². The molecule has 0 unspecified atom stereocenters. The number of aromatic nitrogens is 1. The van der Waals surface area contributed by atoms with Gasteiger partial charge >= 0.3 is 0 Å². The minimum Gasteiger partial charge on any atom is -0.497 e. The smallest absolute Gasteiger partial charge is 0.278 e. The molecule has 0 bridgehead atoms. The minimum absolute atomic E-state index is 0.0561.